The molecule has 0 atom stereocenters. The van der Waals surface area contributed by atoms with Crippen LogP contribution in [-0.4, -0.2) is 21.2 Å². The number of hydrogen-bond acceptors (Lipinski definition) is 5. The maximum atomic E-state index is 13.8. The van der Waals surface area contributed by atoms with Crippen LogP contribution in [-0.2, 0) is 11.3 Å². The standard InChI is InChI=1S/C23H19F2N3O2S2/c1-13-3-4-15(9-14(13)2)11-28-22(30)21-18(7-8-31-21)27-23(28)32-12-20(29)26-19-10-16(24)5-6-17(19)25/h3-10H,11-12H2,1-2H3,(H,26,29). The van der Waals surface area contributed by atoms with E-state index in [4.69, 9.17) is 0 Å². The number of aromatic nitrogens is 2. The molecule has 0 saturated carbocycles. The lowest BCUT2D eigenvalue weighted by atomic mass is 10.1. The van der Waals surface area contributed by atoms with Crippen molar-refractivity contribution in [1.82, 2.24) is 9.55 Å². The third kappa shape index (κ3) is 4.73. The number of aryl methyl sites for hydroxylation is 2. The molecule has 2 aromatic carbocycles. The first-order valence-corrected chi connectivity index (χ1v) is 11.6. The van der Waals surface area contributed by atoms with Crippen molar-refractivity contribution in [3.8, 4) is 0 Å². The summed E-state index contributed by atoms with van der Waals surface area (Å²) in [5.41, 5.74) is 3.37. The third-order valence-electron chi connectivity index (χ3n) is 4.98. The quantitative estimate of drug-likeness (QED) is 0.313. The molecular formula is C23H19F2N3O2S2. The average molecular weight is 472 g/mol. The van der Waals surface area contributed by atoms with Gasteiger partial charge in [0.25, 0.3) is 5.56 Å². The number of anilines is 1. The topological polar surface area (TPSA) is 64.0 Å². The first-order valence-electron chi connectivity index (χ1n) is 9.73. The highest BCUT2D eigenvalue weighted by atomic mass is 32.2. The lowest BCUT2D eigenvalue weighted by molar-refractivity contribution is -0.113. The number of nitrogens with one attached hydrogen (secondary N) is 1. The van der Waals surface area contributed by atoms with Crippen LogP contribution < -0.4 is 10.9 Å². The van der Waals surface area contributed by atoms with Crippen molar-refractivity contribution < 1.29 is 13.6 Å². The molecule has 0 fully saturated rings. The lowest BCUT2D eigenvalue weighted by Gasteiger charge is -2.13. The molecule has 2 heterocycles. The second kappa shape index (κ2) is 9.22. The fourth-order valence-corrected chi connectivity index (χ4v) is 4.74. The number of rotatable bonds is 6. The van der Waals surface area contributed by atoms with Crippen LogP contribution in [0.2, 0.25) is 0 Å². The van der Waals surface area contributed by atoms with Gasteiger partial charge in [0.05, 0.1) is 23.5 Å². The Balaban J connectivity index is 1.60. The van der Waals surface area contributed by atoms with Crippen molar-refractivity contribution in [1.29, 1.82) is 0 Å². The van der Waals surface area contributed by atoms with E-state index in [0.717, 1.165) is 46.7 Å². The van der Waals surface area contributed by atoms with Crippen molar-refractivity contribution in [2.75, 3.05) is 11.1 Å². The van der Waals surface area contributed by atoms with E-state index < -0.39 is 17.5 Å². The van der Waals surface area contributed by atoms with E-state index in [1.807, 2.05) is 32.0 Å². The SMILES string of the molecule is Cc1ccc(Cn2c(SCC(=O)Nc3cc(F)ccc3F)nc3ccsc3c2=O)cc1C. The Morgan fingerprint density at radius 1 is 1.12 bits per heavy atom. The van der Waals surface area contributed by atoms with Crippen LogP contribution in [0.4, 0.5) is 14.5 Å². The molecule has 4 rings (SSSR count). The molecule has 1 N–H and O–H groups in total. The smallest absolute Gasteiger partial charge is 0.272 e. The summed E-state index contributed by atoms with van der Waals surface area (Å²) in [7, 11) is 0. The maximum Gasteiger partial charge on any atom is 0.272 e. The van der Waals surface area contributed by atoms with E-state index >= 15 is 0 Å². The normalized spacial score (nSPS) is 11.1. The fraction of sp³-hybridized carbons (Fsp3) is 0.174. The fourth-order valence-electron chi connectivity index (χ4n) is 3.17. The van der Waals surface area contributed by atoms with Crippen LogP contribution in [0, 0.1) is 25.5 Å². The van der Waals surface area contributed by atoms with Gasteiger partial charge in [0.2, 0.25) is 5.91 Å². The van der Waals surface area contributed by atoms with E-state index in [1.54, 1.807) is 16.0 Å². The number of fused-ring (bicyclic) bond motifs is 1. The van der Waals surface area contributed by atoms with Crippen molar-refractivity contribution in [3.63, 3.8) is 0 Å². The maximum absolute atomic E-state index is 13.8. The van der Waals surface area contributed by atoms with Gasteiger partial charge in [-0.3, -0.25) is 14.2 Å². The van der Waals surface area contributed by atoms with Crippen LogP contribution in [0.5, 0.6) is 0 Å². The van der Waals surface area contributed by atoms with Crippen molar-refractivity contribution >= 4 is 44.9 Å². The number of carbonyl (C=O) groups is 1. The molecule has 0 unspecified atom stereocenters. The molecule has 0 aliphatic rings. The highest BCUT2D eigenvalue weighted by Crippen LogP contribution is 2.23. The Labute approximate surface area is 191 Å². The second-order valence-electron chi connectivity index (χ2n) is 7.30. The van der Waals surface area contributed by atoms with Crippen LogP contribution >= 0.6 is 23.1 Å². The van der Waals surface area contributed by atoms with Crippen LogP contribution in [0.3, 0.4) is 0 Å². The van der Waals surface area contributed by atoms with Crippen LogP contribution in [0.1, 0.15) is 16.7 Å². The lowest BCUT2D eigenvalue weighted by Crippen LogP contribution is -2.24. The minimum absolute atomic E-state index is 0.120. The number of thioether (sulfide) groups is 1. The van der Waals surface area contributed by atoms with Gasteiger partial charge in [0, 0.05) is 6.07 Å². The van der Waals surface area contributed by atoms with E-state index in [9.17, 15) is 18.4 Å². The first-order chi connectivity index (χ1) is 15.3. The summed E-state index contributed by atoms with van der Waals surface area (Å²) in [6, 6.07) is 10.6. The zero-order valence-electron chi connectivity index (χ0n) is 17.3. The van der Waals surface area contributed by atoms with E-state index in [0.29, 0.717) is 21.9 Å². The van der Waals surface area contributed by atoms with Gasteiger partial charge in [0.1, 0.15) is 16.3 Å². The minimum atomic E-state index is -0.728. The van der Waals surface area contributed by atoms with Gasteiger partial charge in [-0.2, -0.15) is 0 Å². The van der Waals surface area contributed by atoms with Gasteiger partial charge < -0.3 is 5.32 Å². The summed E-state index contributed by atoms with van der Waals surface area (Å²) in [5, 5.41) is 4.55. The Kier molecular flexibility index (Phi) is 6.38. The van der Waals surface area contributed by atoms with Gasteiger partial charge in [-0.05, 0) is 54.1 Å². The predicted molar refractivity (Wildman–Crippen MR) is 125 cm³/mol. The molecule has 0 radical (unpaired) electrons. The van der Waals surface area contributed by atoms with Crippen molar-refractivity contribution in [2.24, 2.45) is 0 Å². The Morgan fingerprint density at radius 2 is 1.94 bits per heavy atom. The molecule has 32 heavy (non-hydrogen) atoms. The molecule has 164 valence electrons. The molecular weight excluding hydrogens is 452 g/mol. The Morgan fingerprint density at radius 3 is 2.72 bits per heavy atom. The van der Waals surface area contributed by atoms with Crippen molar-refractivity contribution in [3.05, 3.63) is 86.5 Å². The van der Waals surface area contributed by atoms with E-state index in [1.165, 1.54) is 11.3 Å². The number of carbonyl (C=O) groups excluding carboxylic acids is 1. The second-order valence-corrected chi connectivity index (χ2v) is 9.16. The summed E-state index contributed by atoms with van der Waals surface area (Å²) in [4.78, 5) is 30.0. The Hall–Kier alpha value is -3.04. The number of hydrogen-bond donors (Lipinski definition) is 1. The van der Waals surface area contributed by atoms with Gasteiger partial charge in [-0.1, -0.05) is 30.0 Å². The van der Waals surface area contributed by atoms with Gasteiger partial charge in [-0.25, -0.2) is 13.8 Å². The van der Waals surface area contributed by atoms with Crippen molar-refractivity contribution in [2.45, 2.75) is 25.5 Å². The molecule has 0 spiro atoms. The highest BCUT2D eigenvalue weighted by molar-refractivity contribution is 7.99. The molecule has 9 heteroatoms. The minimum Gasteiger partial charge on any atom is -0.323 e. The monoisotopic (exact) mass is 471 g/mol. The average Bonchev–Trinajstić information content (AvgIpc) is 3.23. The zero-order chi connectivity index (χ0) is 22.8. The van der Waals surface area contributed by atoms with Crippen LogP contribution in [0.25, 0.3) is 10.2 Å². The number of thiophene rings is 1. The molecule has 4 aromatic rings. The zero-order valence-corrected chi connectivity index (χ0v) is 18.9. The van der Waals surface area contributed by atoms with Gasteiger partial charge >= 0.3 is 0 Å². The molecule has 0 aliphatic carbocycles. The predicted octanol–water partition coefficient (Wildman–Crippen LogP) is 5.13. The summed E-state index contributed by atoms with van der Waals surface area (Å²) in [5.74, 6) is -2.03. The molecule has 2 aromatic heterocycles. The number of halogens is 2. The Bertz CT molecular complexity index is 1380. The van der Waals surface area contributed by atoms with Gasteiger partial charge in [-0.15, -0.1) is 11.3 Å². The largest absolute Gasteiger partial charge is 0.323 e. The molecule has 0 bridgehead atoms. The van der Waals surface area contributed by atoms with Crippen LogP contribution in [0.15, 0.2) is 57.8 Å². The third-order valence-corrected chi connectivity index (χ3v) is 6.85. The van der Waals surface area contributed by atoms with E-state index in [-0.39, 0.29) is 17.0 Å². The molecule has 5 nitrogen and oxygen atoms in total. The highest BCUT2D eigenvalue weighted by Gasteiger charge is 2.16. The summed E-state index contributed by atoms with van der Waals surface area (Å²) >= 11 is 2.39. The first kappa shape index (κ1) is 22.2. The van der Waals surface area contributed by atoms with Gasteiger partial charge in [0.15, 0.2) is 5.16 Å². The molecule has 1 amide bonds. The number of benzene rings is 2. The van der Waals surface area contributed by atoms with E-state index in [2.05, 4.69) is 10.3 Å². The summed E-state index contributed by atoms with van der Waals surface area (Å²) in [6.07, 6.45) is 0. The summed E-state index contributed by atoms with van der Waals surface area (Å²) < 4.78 is 29.3. The number of amides is 1. The summed E-state index contributed by atoms with van der Waals surface area (Å²) in [6.45, 7) is 4.34. The molecule has 0 saturated heterocycles. The number of nitrogens with zero attached hydrogens (tertiary/aromatic N) is 2. The molecule has 0 aliphatic heterocycles.